The van der Waals surface area contributed by atoms with Crippen LogP contribution < -0.4 is 0 Å². The molecule has 0 atom stereocenters. The van der Waals surface area contributed by atoms with Crippen LogP contribution in [0, 0.1) is 0 Å². The van der Waals surface area contributed by atoms with Crippen molar-refractivity contribution in [2.45, 2.75) is 19.3 Å². The molecular weight excluding hydrogens is 200 g/mol. The summed E-state index contributed by atoms with van der Waals surface area (Å²) in [4.78, 5) is 0. The Morgan fingerprint density at radius 1 is 1.21 bits per heavy atom. The molecule has 1 aromatic carbocycles. The molecule has 0 amide bonds. The van der Waals surface area contributed by atoms with Gasteiger partial charge in [0.05, 0.1) is 5.75 Å². The Kier molecular flexibility index (Phi) is 2.97. The fraction of sp³-hybridized carbons (Fsp3) is 0.400. The second-order valence-electron chi connectivity index (χ2n) is 3.98. The lowest BCUT2D eigenvalue weighted by Gasteiger charge is -2.23. The largest absolute Gasteiger partial charge is 0.286 e. The van der Waals surface area contributed by atoms with Gasteiger partial charge in [-0.1, -0.05) is 44.2 Å². The molecule has 0 heterocycles. The predicted molar refractivity (Wildman–Crippen MR) is 55.9 cm³/mol. The molecule has 0 aliphatic heterocycles. The van der Waals surface area contributed by atoms with E-state index in [9.17, 15) is 8.42 Å². The van der Waals surface area contributed by atoms with Crippen molar-refractivity contribution >= 4 is 10.1 Å². The first-order chi connectivity index (χ1) is 6.31. The highest BCUT2D eigenvalue weighted by molar-refractivity contribution is 7.85. The summed E-state index contributed by atoms with van der Waals surface area (Å²) in [6, 6.07) is 9.27. The first-order valence-corrected chi connectivity index (χ1v) is 5.93. The molecule has 14 heavy (non-hydrogen) atoms. The average Bonchev–Trinajstić information content (AvgIpc) is 2.01. The molecule has 0 saturated heterocycles. The van der Waals surface area contributed by atoms with Crippen molar-refractivity contribution in [2.75, 3.05) is 5.75 Å². The Morgan fingerprint density at radius 3 is 2.14 bits per heavy atom. The lowest BCUT2D eigenvalue weighted by atomic mass is 9.87. The molecule has 0 aliphatic carbocycles. The summed E-state index contributed by atoms with van der Waals surface area (Å²) in [7, 11) is -3.93. The van der Waals surface area contributed by atoms with E-state index in [1.165, 1.54) is 0 Å². The van der Waals surface area contributed by atoms with Crippen molar-refractivity contribution in [3.05, 3.63) is 35.9 Å². The van der Waals surface area contributed by atoms with Crippen LogP contribution in [0.25, 0.3) is 0 Å². The zero-order chi connectivity index (χ0) is 10.8. The zero-order valence-corrected chi connectivity index (χ0v) is 9.08. The van der Waals surface area contributed by atoms with Crippen LogP contribution in [0.1, 0.15) is 19.4 Å². The van der Waals surface area contributed by atoms with Gasteiger partial charge in [-0.05, 0) is 5.56 Å². The standard InChI is InChI=1S/C10H14O3S/c1-10(2,8-14(11,12)13)9-6-4-3-5-7-9/h3-7H,8H2,1-2H3,(H,11,12,13). The molecule has 4 heteroatoms. The average molecular weight is 214 g/mol. The highest BCUT2D eigenvalue weighted by Crippen LogP contribution is 2.24. The number of hydrogen-bond donors (Lipinski definition) is 1. The molecule has 0 spiro atoms. The van der Waals surface area contributed by atoms with Gasteiger partial charge in [0.15, 0.2) is 0 Å². The highest BCUT2D eigenvalue weighted by Gasteiger charge is 2.26. The van der Waals surface area contributed by atoms with Gasteiger partial charge in [0.25, 0.3) is 10.1 Å². The van der Waals surface area contributed by atoms with E-state index in [0.717, 1.165) is 5.56 Å². The van der Waals surface area contributed by atoms with Crippen LogP contribution in [0.2, 0.25) is 0 Å². The molecule has 0 aromatic heterocycles. The van der Waals surface area contributed by atoms with E-state index >= 15 is 0 Å². The highest BCUT2D eigenvalue weighted by atomic mass is 32.2. The van der Waals surface area contributed by atoms with Crippen LogP contribution in [0.3, 0.4) is 0 Å². The van der Waals surface area contributed by atoms with Gasteiger partial charge in [0, 0.05) is 5.41 Å². The SMILES string of the molecule is CC(C)(CS(=O)(=O)O)c1ccccc1. The quantitative estimate of drug-likeness (QED) is 0.781. The summed E-state index contributed by atoms with van der Waals surface area (Å²) >= 11 is 0. The minimum absolute atomic E-state index is 0.260. The van der Waals surface area contributed by atoms with Gasteiger partial charge in [0.2, 0.25) is 0 Å². The molecule has 0 saturated carbocycles. The fourth-order valence-corrected chi connectivity index (χ4v) is 2.51. The number of rotatable bonds is 3. The zero-order valence-electron chi connectivity index (χ0n) is 8.27. The molecule has 0 unspecified atom stereocenters. The van der Waals surface area contributed by atoms with Gasteiger partial charge in [-0.15, -0.1) is 0 Å². The topological polar surface area (TPSA) is 54.4 Å². The third-order valence-electron chi connectivity index (χ3n) is 2.10. The molecule has 1 aromatic rings. The van der Waals surface area contributed by atoms with E-state index in [1.807, 2.05) is 30.3 Å². The van der Waals surface area contributed by atoms with Crippen LogP contribution in [0.15, 0.2) is 30.3 Å². The second kappa shape index (κ2) is 3.71. The summed E-state index contributed by atoms with van der Waals surface area (Å²) in [5, 5.41) is 0. The van der Waals surface area contributed by atoms with Crippen molar-refractivity contribution in [3.8, 4) is 0 Å². The van der Waals surface area contributed by atoms with Crippen molar-refractivity contribution in [3.63, 3.8) is 0 Å². The maximum absolute atomic E-state index is 10.8. The molecule has 0 fully saturated rings. The van der Waals surface area contributed by atoms with E-state index in [0.29, 0.717) is 0 Å². The third kappa shape index (κ3) is 3.12. The van der Waals surface area contributed by atoms with Crippen LogP contribution in [-0.2, 0) is 15.5 Å². The van der Waals surface area contributed by atoms with Gasteiger partial charge < -0.3 is 0 Å². The molecule has 0 bridgehead atoms. The first-order valence-electron chi connectivity index (χ1n) is 4.32. The molecule has 0 aliphatic rings. The van der Waals surface area contributed by atoms with E-state index < -0.39 is 15.5 Å². The Morgan fingerprint density at radius 2 is 1.71 bits per heavy atom. The monoisotopic (exact) mass is 214 g/mol. The Labute approximate surface area is 84.5 Å². The van der Waals surface area contributed by atoms with E-state index in [1.54, 1.807) is 13.8 Å². The summed E-state index contributed by atoms with van der Waals surface area (Å²) in [6.45, 7) is 3.58. The van der Waals surface area contributed by atoms with Crippen LogP contribution in [0.5, 0.6) is 0 Å². The van der Waals surface area contributed by atoms with E-state index in [2.05, 4.69) is 0 Å². The summed E-state index contributed by atoms with van der Waals surface area (Å²) < 4.78 is 30.3. The molecule has 1 N–H and O–H groups in total. The van der Waals surface area contributed by atoms with Crippen molar-refractivity contribution in [1.82, 2.24) is 0 Å². The minimum atomic E-state index is -3.93. The van der Waals surface area contributed by atoms with Crippen LogP contribution in [-0.4, -0.2) is 18.7 Å². The molecule has 3 nitrogen and oxygen atoms in total. The molecule has 78 valence electrons. The van der Waals surface area contributed by atoms with Gasteiger partial charge in [-0.2, -0.15) is 8.42 Å². The lowest BCUT2D eigenvalue weighted by molar-refractivity contribution is 0.460. The minimum Gasteiger partial charge on any atom is -0.286 e. The normalized spacial score (nSPS) is 12.8. The lowest BCUT2D eigenvalue weighted by Crippen LogP contribution is -2.27. The number of hydrogen-bond acceptors (Lipinski definition) is 2. The molecule has 1 rings (SSSR count). The molecule has 0 radical (unpaired) electrons. The van der Waals surface area contributed by atoms with Crippen LogP contribution in [0.4, 0.5) is 0 Å². The smallest absolute Gasteiger partial charge is 0.265 e. The van der Waals surface area contributed by atoms with Gasteiger partial charge in [-0.25, -0.2) is 0 Å². The summed E-state index contributed by atoms with van der Waals surface area (Å²) in [6.07, 6.45) is 0. The van der Waals surface area contributed by atoms with E-state index in [4.69, 9.17) is 4.55 Å². The Hall–Kier alpha value is -0.870. The molecular formula is C10H14O3S. The predicted octanol–water partition coefficient (Wildman–Crippen LogP) is 1.85. The Balaban J connectivity index is 2.97. The van der Waals surface area contributed by atoms with Gasteiger partial charge >= 0.3 is 0 Å². The third-order valence-corrected chi connectivity index (χ3v) is 3.18. The van der Waals surface area contributed by atoms with Crippen molar-refractivity contribution in [2.24, 2.45) is 0 Å². The van der Waals surface area contributed by atoms with E-state index in [-0.39, 0.29) is 5.75 Å². The van der Waals surface area contributed by atoms with Crippen LogP contribution >= 0.6 is 0 Å². The fourth-order valence-electron chi connectivity index (χ4n) is 1.43. The first kappa shape index (κ1) is 11.2. The second-order valence-corrected chi connectivity index (χ2v) is 5.43. The maximum atomic E-state index is 10.8. The Bertz CT molecular complexity index is 393. The van der Waals surface area contributed by atoms with Gasteiger partial charge in [-0.3, -0.25) is 4.55 Å². The van der Waals surface area contributed by atoms with Gasteiger partial charge in [0.1, 0.15) is 0 Å². The summed E-state index contributed by atoms with van der Waals surface area (Å²) in [5.74, 6) is -0.260. The maximum Gasteiger partial charge on any atom is 0.265 e. The van der Waals surface area contributed by atoms with Crippen molar-refractivity contribution in [1.29, 1.82) is 0 Å². The summed E-state index contributed by atoms with van der Waals surface area (Å²) in [5.41, 5.74) is 0.340. The number of benzene rings is 1. The van der Waals surface area contributed by atoms with Crippen molar-refractivity contribution < 1.29 is 13.0 Å².